The molecule has 0 unspecified atom stereocenters. The van der Waals surface area contributed by atoms with E-state index in [4.69, 9.17) is 10.00 Å². The van der Waals surface area contributed by atoms with E-state index in [0.29, 0.717) is 27.8 Å². The number of carboxylic acids is 1. The smallest absolute Gasteiger partial charge is 0.307 e. The molecule has 8 heteroatoms. The van der Waals surface area contributed by atoms with E-state index in [1.807, 2.05) is 13.0 Å². The topological polar surface area (TPSA) is 109 Å². The standard InChI is InChI=1S/C24H18N2O5S/c1-16-5-7-19(8-6-16)32(29,30)26-12-11-20-21(14-24(27)28)23(10-9-22(20)26)31-18-4-2-3-17(13-18)15-25/h2-13H,14H2,1H3,(H,27,28). The molecule has 32 heavy (non-hydrogen) atoms. The van der Waals surface area contributed by atoms with Crippen molar-refractivity contribution in [2.45, 2.75) is 18.2 Å². The van der Waals surface area contributed by atoms with Gasteiger partial charge in [0.25, 0.3) is 10.0 Å². The van der Waals surface area contributed by atoms with Crippen LogP contribution in [0, 0.1) is 18.3 Å². The number of fused-ring (bicyclic) bond motifs is 1. The Morgan fingerprint density at radius 3 is 2.53 bits per heavy atom. The summed E-state index contributed by atoms with van der Waals surface area (Å²) in [7, 11) is -3.87. The summed E-state index contributed by atoms with van der Waals surface area (Å²) in [5.41, 5.74) is 2.03. The molecule has 160 valence electrons. The Hall–Kier alpha value is -4.09. The highest BCUT2D eigenvalue weighted by atomic mass is 32.2. The molecule has 1 aromatic heterocycles. The SMILES string of the molecule is Cc1ccc(S(=O)(=O)n2ccc3c(CC(=O)O)c(Oc4cccc(C#N)c4)ccc32)cc1. The van der Waals surface area contributed by atoms with Crippen LogP contribution in [0.2, 0.25) is 0 Å². The zero-order valence-electron chi connectivity index (χ0n) is 17.0. The summed E-state index contributed by atoms with van der Waals surface area (Å²) in [6.07, 6.45) is 1.05. The van der Waals surface area contributed by atoms with Gasteiger partial charge in [0.1, 0.15) is 11.5 Å². The molecule has 0 saturated heterocycles. The number of hydrogen-bond donors (Lipinski definition) is 1. The normalized spacial score (nSPS) is 11.2. The molecule has 4 aromatic rings. The highest BCUT2D eigenvalue weighted by Crippen LogP contribution is 2.34. The molecular weight excluding hydrogens is 428 g/mol. The molecule has 0 aliphatic carbocycles. The number of benzene rings is 3. The van der Waals surface area contributed by atoms with Crippen molar-refractivity contribution in [1.29, 1.82) is 5.26 Å². The van der Waals surface area contributed by atoms with Crippen molar-refractivity contribution in [2.75, 3.05) is 0 Å². The summed E-state index contributed by atoms with van der Waals surface area (Å²) in [4.78, 5) is 11.7. The Morgan fingerprint density at radius 1 is 1.09 bits per heavy atom. The van der Waals surface area contributed by atoms with Crippen LogP contribution in [-0.4, -0.2) is 23.5 Å². The molecule has 0 spiro atoms. The fraction of sp³-hybridized carbons (Fsp3) is 0.0833. The highest BCUT2D eigenvalue weighted by Gasteiger charge is 2.22. The number of aliphatic carboxylic acids is 1. The number of aryl methyl sites for hydroxylation is 1. The molecule has 0 saturated carbocycles. The van der Waals surface area contributed by atoms with Crippen LogP contribution in [0.1, 0.15) is 16.7 Å². The van der Waals surface area contributed by atoms with Crippen LogP contribution in [0.4, 0.5) is 0 Å². The lowest BCUT2D eigenvalue weighted by Crippen LogP contribution is -2.12. The van der Waals surface area contributed by atoms with Gasteiger partial charge in [0, 0.05) is 17.1 Å². The van der Waals surface area contributed by atoms with Gasteiger partial charge >= 0.3 is 5.97 Å². The predicted octanol–water partition coefficient (Wildman–Crippen LogP) is 4.48. The van der Waals surface area contributed by atoms with Crippen LogP contribution in [0.25, 0.3) is 10.9 Å². The van der Waals surface area contributed by atoms with Crippen LogP contribution in [0.3, 0.4) is 0 Å². The van der Waals surface area contributed by atoms with Crippen molar-refractivity contribution < 1.29 is 23.1 Å². The second-order valence-electron chi connectivity index (χ2n) is 7.22. The van der Waals surface area contributed by atoms with Gasteiger partial charge < -0.3 is 9.84 Å². The first-order valence-corrected chi connectivity index (χ1v) is 11.1. The average Bonchev–Trinajstić information content (AvgIpc) is 3.21. The second-order valence-corrected chi connectivity index (χ2v) is 9.03. The van der Waals surface area contributed by atoms with Crippen molar-refractivity contribution in [3.8, 4) is 17.6 Å². The Bertz CT molecular complexity index is 1480. The lowest BCUT2D eigenvalue weighted by atomic mass is 10.1. The van der Waals surface area contributed by atoms with Gasteiger partial charge in [-0.2, -0.15) is 5.26 Å². The first-order chi connectivity index (χ1) is 15.3. The molecule has 4 rings (SSSR count). The maximum absolute atomic E-state index is 13.2. The molecule has 1 heterocycles. The van der Waals surface area contributed by atoms with E-state index in [0.717, 1.165) is 9.54 Å². The van der Waals surface area contributed by atoms with Crippen LogP contribution < -0.4 is 4.74 Å². The first-order valence-electron chi connectivity index (χ1n) is 9.64. The van der Waals surface area contributed by atoms with Gasteiger partial charge in [-0.3, -0.25) is 4.79 Å². The van der Waals surface area contributed by atoms with E-state index in [-0.39, 0.29) is 17.1 Å². The molecule has 7 nitrogen and oxygen atoms in total. The van der Waals surface area contributed by atoms with Gasteiger partial charge in [0.2, 0.25) is 0 Å². The van der Waals surface area contributed by atoms with Crippen molar-refractivity contribution in [2.24, 2.45) is 0 Å². The molecule has 3 aromatic carbocycles. The number of nitrogens with zero attached hydrogens (tertiary/aromatic N) is 2. The molecular formula is C24H18N2O5S. The maximum Gasteiger partial charge on any atom is 0.307 e. The number of ether oxygens (including phenoxy) is 1. The summed E-state index contributed by atoms with van der Waals surface area (Å²) >= 11 is 0. The molecule has 0 amide bonds. The van der Waals surface area contributed by atoms with Crippen molar-refractivity contribution in [1.82, 2.24) is 3.97 Å². The number of hydrogen-bond acceptors (Lipinski definition) is 5. The average molecular weight is 446 g/mol. The predicted molar refractivity (Wildman–Crippen MR) is 118 cm³/mol. The largest absolute Gasteiger partial charge is 0.481 e. The van der Waals surface area contributed by atoms with Gasteiger partial charge in [-0.1, -0.05) is 23.8 Å². The van der Waals surface area contributed by atoms with E-state index in [9.17, 15) is 18.3 Å². The third kappa shape index (κ3) is 3.94. The van der Waals surface area contributed by atoms with Gasteiger partial charge in [-0.25, -0.2) is 12.4 Å². The number of carbonyl (C=O) groups is 1. The lowest BCUT2D eigenvalue weighted by Gasteiger charge is -2.13. The number of aromatic nitrogens is 1. The molecule has 0 bridgehead atoms. The van der Waals surface area contributed by atoms with E-state index in [1.165, 1.54) is 18.3 Å². The number of carboxylic acid groups (broad SMARTS) is 1. The zero-order chi connectivity index (χ0) is 22.9. The second kappa shape index (κ2) is 8.21. The molecule has 1 N–H and O–H groups in total. The van der Waals surface area contributed by atoms with E-state index < -0.39 is 16.0 Å². The van der Waals surface area contributed by atoms with Crippen LogP contribution in [-0.2, 0) is 21.2 Å². The molecule has 0 aliphatic heterocycles. The van der Waals surface area contributed by atoms with Crippen molar-refractivity contribution in [3.63, 3.8) is 0 Å². The van der Waals surface area contributed by atoms with Crippen molar-refractivity contribution >= 4 is 26.9 Å². The molecule has 0 atom stereocenters. The fourth-order valence-corrected chi connectivity index (χ4v) is 4.80. The van der Waals surface area contributed by atoms with E-state index >= 15 is 0 Å². The quantitative estimate of drug-likeness (QED) is 0.468. The maximum atomic E-state index is 13.2. The van der Waals surface area contributed by atoms with Crippen LogP contribution in [0.5, 0.6) is 11.5 Å². The summed E-state index contributed by atoms with van der Waals surface area (Å²) in [6.45, 7) is 1.87. The minimum Gasteiger partial charge on any atom is -0.481 e. The van der Waals surface area contributed by atoms with Gasteiger partial charge in [-0.05, 0) is 55.5 Å². The molecule has 0 fully saturated rings. The summed E-state index contributed by atoms with van der Waals surface area (Å²) in [5.74, 6) is -0.426. The Labute approximate surface area is 184 Å². The molecule has 0 radical (unpaired) electrons. The fourth-order valence-electron chi connectivity index (χ4n) is 3.45. The zero-order valence-corrected chi connectivity index (χ0v) is 17.8. The highest BCUT2D eigenvalue weighted by molar-refractivity contribution is 7.90. The Kier molecular flexibility index (Phi) is 5.43. The Morgan fingerprint density at radius 2 is 1.84 bits per heavy atom. The molecule has 0 aliphatic rings. The summed E-state index contributed by atoms with van der Waals surface area (Å²) in [5, 5.41) is 19.0. The summed E-state index contributed by atoms with van der Waals surface area (Å²) < 4.78 is 33.4. The van der Waals surface area contributed by atoms with Gasteiger partial charge in [0.05, 0.1) is 28.5 Å². The monoisotopic (exact) mass is 446 g/mol. The van der Waals surface area contributed by atoms with Crippen LogP contribution >= 0.6 is 0 Å². The van der Waals surface area contributed by atoms with Gasteiger partial charge in [0.15, 0.2) is 0 Å². The van der Waals surface area contributed by atoms with E-state index in [1.54, 1.807) is 54.6 Å². The third-order valence-corrected chi connectivity index (χ3v) is 6.71. The van der Waals surface area contributed by atoms with Gasteiger partial charge in [-0.15, -0.1) is 0 Å². The van der Waals surface area contributed by atoms with Crippen molar-refractivity contribution in [3.05, 3.63) is 89.6 Å². The Balaban J connectivity index is 1.84. The van der Waals surface area contributed by atoms with E-state index in [2.05, 4.69) is 0 Å². The number of nitriles is 1. The summed E-state index contributed by atoms with van der Waals surface area (Å²) in [6, 6.07) is 19.7. The third-order valence-electron chi connectivity index (χ3n) is 5.00. The minimum atomic E-state index is -3.87. The minimum absolute atomic E-state index is 0.133. The number of rotatable bonds is 6. The van der Waals surface area contributed by atoms with Crippen LogP contribution in [0.15, 0.2) is 77.8 Å². The lowest BCUT2D eigenvalue weighted by molar-refractivity contribution is -0.136. The first kappa shape index (κ1) is 21.2.